The smallest absolute Gasteiger partial charge is 0.249 e. The van der Waals surface area contributed by atoms with Gasteiger partial charge in [0, 0.05) is 0 Å². The molecule has 13 heavy (non-hydrogen) atoms. The first-order valence-electron chi connectivity index (χ1n) is 3.62. The first-order valence-corrected chi connectivity index (χ1v) is 3.62. The number of nitrogens with two attached hydrogens (primary N) is 1. The monoisotopic (exact) mass is 193 g/mol. The van der Waals surface area contributed by atoms with Crippen LogP contribution in [-0.2, 0) is 9.53 Å². The number of primary amides is 1. The van der Waals surface area contributed by atoms with Crippen molar-refractivity contribution in [3.8, 4) is 0 Å². The summed E-state index contributed by atoms with van der Waals surface area (Å²) in [5, 5.41) is 36.2. The van der Waals surface area contributed by atoms with Crippen LogP contribution in [0.2, 0.25) is 0 Å². The topological polar surface area (TPSA) is 133 Å². The number of hydrogen-bond donors (Lipinski definition) is 5. The van der Waals surface area contributed by atoms with Gasteiger partial charge in [-0.25, -0.2) is 0 Å². The Bertz CT molecular complexity index is 209. The molecule has 1 saturated heterocycles. The fraction of sp³-hybridized carbons (Fsp3) is 0.833. The summed E-state index contributed by atoms with van der Waals surface area (Å²) < 4.78 is 4.46. The van der Waals surface area contributed by atoms with Crippen molar-refractivity contribution in [2.75, 3.05) is 0 Å². The lowest BCUT2D eigenvalue weighted by molar-refractivity contribution is -0.275. The first-order chi connectivity index (χ1) is 5.95. The first kappa shape index (κ1) is 10.4. The van der Waals surface area contributed by atoms with Gasteiger partial charge in [0.15, 0.2) is 12.4 Å². The largest absolute Gasteiger partial charge is 0.387 e. The number of hydrogen-bond acceptors (Lipinski definition) is 6. The molecule has 1 aliphatic heterocycles. The molecule has 5 atom stereocenters. The predicted molar refractivity (Wildman–Crippen MR) is 38.1 cm³/mol. The van der Waals surface area contributed by atoms with Crippen LogP contribution in [0.4, 0.5) is 0 Å². The molecule has 0 radical (unpaired) electrons. The van der Waals surface area contributed by atoms with Gasteiger partial charge >= 0.3 is 0 Å². The van der Waals surface area contributed by atoms with Crippen LogP contribution in [0, 0.1) is 0 Å². The third-order valence-corrected chi connectivity index (χ3v) is 1.87. The molecular formula is C6H11NO6. The second-order valence-electron chi connectivity index (χ2n) is 2.82. The molecule has 0 aliphatic carbocycles. The molecule has 7 heteroatoms. The summed E-state index contributed by atoms with van der Waals surface area (Å²) in [4.78, 5) is 10.6. The van der Waals surface area contributed by atoms with Crippen molar-refractivity contribution in [3.63, 3.8) is 0 Å². The second-order valence-corrected chi connectivity index (χ2v) is 2.82. The van der Waals surface area contributed by atoms with E-state index < -0.39 is 36.6 Å². The van der Waals surface area contributed by atoms with Gasteiger partial charge in [-0.1, -0.05) is 0 Å². The fourth-order valence-electron chi connectivity index (χ4n) is 1.10. The minimum atomic E-state index is -1.73. The van der Waals surface area contributed by atoms with E-state index in [-0.39, 0.29) is 0 Å². The van der Waals surface area contributed by atoms with Gasteiger partial charge in [-0.05, 0) is 0 Å². The van der Waals surface area contributed by atoms with Gasteiger partial charge in [0.2, 0.25) is 5.91 Å². The van der Waals surface area contributed by atoms with Crippen LogP contribution in [0.3, 0.4) is 0 Å². The Balaban J connectivity index is 2.76. The maximum absolute atomic E-state index is 10.6. The summed E-state index contributed by atoms with van der Waals surface area (Å²) in [5.41, 5.74) is 4.80. The lowest BCUT2D eigenvalue weighted by Crippen LogP contribution is -2.60. The van der Waals surface area contributed by atoms with E-state index >= 15 is 0 Å². The lowest BCUT2D eigenvalue weighted by atomic mass is 9.99. The SMILES string of the molecule is NC(=O)C1OC(O)C(O)[C@H](O)[C@@H]1O. The van der Waals surface area contributed by atoms with E-state index in [2.05, 4.69) is 4.74 Å². The average Bonchev–Trinajstić information content (AvgIpc) is 2.07. The highest BCUT2D eigenvalue weighted by Gasteiger charge is 2.45. The van der Waals surface area contributed by atoms with Crippen LogP contribution in [0.25, 0.3) is 0 Å². The molecule has 1 rings (SSSR count). The number of ether oxygens (including phenoxy) is 1. The van der Waals surface area contributed by atoms with E-state index in [0.717, 1.165) is 0 Å². The molecule has 6 N–H and O–H groups in total. The molecular weight excluding hydrogens is 182 g/mol. The molecule has 1 aliphatic rings. The van der Waals surface area contributed by atoms with Gasteiger partial charge in [-0.3, -0.25) is 4.79 Å². The maximum atomic E-state index is 10.6. The number of rotatable bonds is 1. The fourth-order valence-corrected chi connectivity index (χ4v) is 1.10. The zero-order valence-corrected chi connectivity index (χ0v) is 6.57. The number of carbonyl (C=O) groups excluding carboxylic acids is 1. The summed E-state index contributed by atoms with van der Waals surface area (Å²) in [7, 11) is 0. The van der Waals surface area contributed by atoms with Gasteiger partial charge in [0.05, 0.1) is 0 Å². The molecule has 1 fully saturated rings. The Morgan fingerprint density at radius 3 is 2.08 bits per heavy atom. The van der Waals surface area contributed by atoms with E-state index in [1.807, 2.05) is 0 Å². The molecule has 3 unspecified atom stereocenters. The standard InChI is InChI=1S/C6H11NO6/c7-5(11)4-2(9)1(8)3(10)6(12)13-4/h1-4,6,8-10,12H,(H2,7,11)/t1-,2+,3?,4?,6?/m1/s1. The van der Waals surface area contributed by atoms with Gasteiger partial charge in [-0.2, -0.15) is 0 Å². The molecule has 0 spiro atoms. The highest BCUT2D eigenvalue weighted by Crippen LogP contribution is 2.19. The minimum absolute atomic E-state index is 1.02. The van der Waals surface area contributed by atoms with Crippen molar-refractivity contribution < 1.29 is 30.0 Å². The minimum Gasteiger partial charge on any atom is -0.387 e. The normalized spacial score (nSPS) is 46.0. The second kappa shape index (κ2) is 3.56. The van der Waals surface area contributed by atoms with Gasteiger partial charge in [-0.15, -0.1) is 0 Å². The van der Waals surface area contributed by atoms with Crippen LogP contribution < -0.4 is 5.73 Å². The Morgan fingerprint density at radius 2 is 1.62 bits per heavy atom. The molecule has 0 aromatic heterocycles. The maximum Gasteiger partial charge on any atom is 0.249 e. The van der Waals surface area contributed by atoms with Crippen molar-refractivity contribution in [1.82, 2.24) is 0 Å². The van der Waals surface area contributed by atoms with Crippen molar-refractivity contribution >= 4 is 5.91 Å². The van der Waals surface area contributed by atoms with Crippen LogP contribution in [0.5, 0.6) is 0 Å². The molecule has 0 saturated carbocycles. The van der Waals surface area contributed by atoms with Crippen molar-refractivity contribution in [2.45, 2.75) is 30.7 Å². The van der Waals surface area contributed by atoms with Crippen molar-refractivity contribution in [1.29, 1.82) is 0 Å². The average molecular weight is 193 g/mol. The van der Waals surface area contributed by atoms with Crippen LogP contribution in [0.1, 0.15) is 0 Å². The molecule has 76 valence electrons. The number of aliphatic hydroxyl groups is 4. The zero-order chi connectivity index (χ0) is 10.2. The van der Waals surface area contributed by atoms with Gasteiger partial charge in [0.1, 0.15) is 18.3 Å². The number of aliphatic hydroxyl groups excluding tert-OH is 4. The summed E-state index contributed by atoms with van der Waals surface area (Å²) in [6.07, 6.45) is -8.16. The Hall–Kier alpha value is -0.730. The molecule has 0 aromatic carbocycles. The summed E-state index contributed by atoms with van der Waals surface area (Å²) >= 11 is 0. The van der Waals surface area contributed by atoms with E-state index in [1.165, 1.54) is 0 Å². The van der Waals surface area contributed by atoms with Crippen LogP contribution >= 0.6 is 0 Å². The summed E-state index contributed by atoms with van der Waals surface area (Å²) in [6.45, 7) is 0. The Morgan fingerprint density at radius 1 is 1.08 bits per heavy atom. The third kappa shape index (κ3) is 1.79. The van der Waals surface area contributed by atoms with Crippen molar-refractivity contribution in [2.24, 2.45) is 5.73 Å². The number of carbonyl (C=O) groups is 1. The van der Waals surface area contributed by atoms with Gasteiger partial charge < -0.3 is 30.9 Å². The molecule has 0 bridgehead atoms. The predicted octanol–water partition coefficient (Wildman–Crippen LogP) is -3.73. The highest BCUT2D eigenvalue weighted by atomic mass is 16.6. The molecule has 0 aromatic rings. The molecule has 1 amide bonds. The third-order valence-electron chi connectivity index (χ3n) is 1.87. The summed E-state index contributed by atoms with van der Waals surface area (Å²) in [6, 6.07) is 0. The lowest BCUT2D eigenvalue weighted by Gasteiger charge is -2.36. The molecule has 1 heterocycles. The highest BCUT2D eigenvalue weighted by molar-refractivity contribution is 5.79. The number of amides is 1. The zero-order valence-electron chi connectivity index (χ0n) is 6.57. The van der Waals surface area contributed by atoms with Crippen LogP contribution in [-0.4, -0.2) is 57.0 Å². The van der Waals surface area contributed by atoms with E-state index in [0.29, 0.717) is 0 Å². The van der Waals surface area contributed by atoms with Crippen molar-refractivity contribution in [3.05, 3.63) is 0 Å². The van der Waals surface area contributed by atoms with Crippen LogP contribution in [0.15, 0.2) is 0 Å². The van der Waals surface area contributed by atoms with Gasteiger partial charge in [0.25, 0.3) is 0 Å². The van der Waals surface area contributed by atoms with E-state index in [1.54, 1.807) is 0 Å². The molecule has 7 nitrogen and oxygen atoms in total. The Labute approximate surface area is 73.4 Å². The van der Waals surface area contributed by atoms with E-state index in [9.17, 15) is 4.79 Å². The summed E-state index contributed by atoms with van der Waals surface area (Å²) in [5.74, 6) is -1.02. The quantitative estimate of drug-likeness (QED) is 0.291. The Kier molecular flexibility index (Phi) is 2.84. The van der Waals surface area contributed by atoms with E-state index in [4.69, 9.17) is 26.2 Å².